The van der Waals surface area contributed by atoms with Gasteiger partial charge in [-0.2, -0.15) is 0 Å². The van der Waals surface area contributed by atoms with Crippen molar-refractivity contribution in [2.45, 2.75) is 6.92 Å². The lowest BCUT2D eigenvalue weighted by atomic mass is 9.99. The van der Waals surface area contributed by atoms with Gasteiger partial charge >= 0.3 is 0 Å². The lowest BCUT2D eigenvalue weighted by Crippen LogP contribution is -1.79. The summed E-state index contributed by atoms with van der Waals surface area (Å²) in [7, 11) is 0. The van der Waals surface area contributed by atoms with Gasteiger partial charge in [0, 0.05) is 0 Å². The molecule has 0 N–H and O–H groups in total. The first-order chi connectivity index (χ1) is 11.3. The Morgan fingerprint density at radius 3 is 1.74 bits per heavy atom. The third kappa shape index (κ3) is 1.21. The lowest BCUT2D eigenvalue weighted by Gasteiger charge is -2.04. The van der Waals surface area contributed by atoms with Gasteiger partial charge in [-0.3, -0.25) is 0 Å². The van der Waals surface area contributed by atoms with Gasteiger partial charge < -0.3 is 0 Å². The summed E-state index contributed by atoms with van der Waals surface area (Å²) in [4.78, 5) is 0. The molecule has 4 aromatic rings. The molecule has 0 aromatic heterocycles. The highest BCUT2D eigenvalue weighted by atomic mass is 14.2. The Labute approximate surface area is 133 Å². The maximum Gasteiger partial charge on any atom is -0.00108 e. The molecule has 4 aromatic carbocycles. The van der Waals surface area contributed by atoms with Crippen molar-refractivity contribution in [1.29, 1.82) is 0 Å². The highest BCUT2D eigenvalue weighted by Gasteiger charge is 2.17. The van der Waals surface area contributed by atoms with Crippen molar-refractivity contribution in [2.24, 2.45) is 0 Å². The van der Waals surface area contributed by atoms with Crippen LogP contribution in [0.5, 0.6) is 0 Å². The van der Waals surface area contributed by atoms with E-state index in [0.717, 1.165) is 0 Å². The highest BCUT2D eigenvalue weighted by molar-refractivity contribution is 6.22. The predicted molar refractivity (Wildman–Crippen MR) is 98.9 cm³/mol. The fourth-order valence-corrected chi connectivity index (χ4v) is 4.58. The Morgan fingerprint density at radius 2 is 1.04 bits per heavy atom. The fourth-order valence-electron chi connectivity index (χ4n) is 4.58. The maximum atomic E-state index is 2.29. The van der Waals surface area contributed by atoms with Crippen molar-refractivity contribution in [2.75, 3.05) is 0 Å². The van der Waals surface area contributed by atoms with Gasteiger partial charge in [0.1, 0.15) is 0 Å². The number of fused-ring (bicyclic) bond motifs is 4. The predicted octanol–water partition coefficient (Wildman–Crippen LogP) is 6.21. The fraction of sp³-hybridized carbons (Fsp3) is 0.0435. The van der Waals surface area contributed by atoms with Crippen LogP contribution in [0.3, 0.4) is 0 Å². The van der Waals surface area contributed by atoms with Crippen LogP contribution in [0.2, 0.25) is 0 Å². The summed E-state index contributed by atoms with van der Waals surface area (Å²) in [5.41, 5.74) is 1.37. The van der Waals surface area contributed by atoms with E-state index in [1.54, 1.807) is 0 Å². The molecule has 0 amide bonds. The molecule has 0 atom stereocenters. The summed E-state index contributed by atoms with van der Waals surface area (Å²) in [5, 5.41) is 14.1. The monoisotopic (exact) mass is 290 g/mol. The first-order valence-electron chi connectivity index (χ1n) is 8.14. The molecule has 106 valence electrons. The second-order valence-electron chi connectivity index (χ2n) is 6.62. The van der Waals surface area contributed by atoms with E-state index in [1.165, 1.54) is 59.1 Å². The van der Waals surface area contributed by atoms with Crippen LogP contribution < -0.4 is 0 Å². The lowest BCUT2D eigenvalue weighted by molar-refractivity contribution is 1.55. The number of benzene rings is 4. The SMILES string of the molecule is Cc1ccc2cccc3c4c5cccc6cccc(c=4c1c23)c65. The van der Waals surface area contributed by atoms with E-state index in [4.69, 9.17) is 0 Å². The number of aryl methyl sites for hydroxylation is 1. The smallest absolute Gasteiger partial charge is 0.00108 e. The standard InChI is InChI=1S/C23H14/c1-13-11-12-15-7-4-10-18-21(15)19(13)23-17-9-3-6-14-5-2-8-16(20(14)17)22(18)23/h2-12H,1H3. The van der Waals surface area contributed by atoms with Gasteiger partial charge in [0.05, 0.1) is 0 Å². The Morgan fingerprint density at radius 1 is 0.478 bits per heavy atom. The molecule has 6 rings (SSSR count). The molecule has 0 aliphatic heterocycles. The Hall–Kier alpha value is -2.86. The summed E-state index contributed by atoms with van der Waals surface area (Å²) in [6.07, 6.45) is 0. The van der Waals surface area contributed by atoms with Gasteiger partial charge in [0.2, 0.25) is 0 Å². The van der Waals surface area contributed by atoms with E-state index in [9.17, 15) is 0 Å². The summed E-state index contributed by atoms with van der Waals surface area (Å²) in [6.45, 7) is 2.24. The average molecular weight is 290 g/mol. The van der Waals surface area contributed by atoms with E-state index in [-0.39, 0.29) is 0 Å². The molecular formula is C23H14. The Kier molecular flexibility index (Phi) is 1.89. The number of rotatable bonds is 0. The van der Waals surface area contributed by atoms with Gasteiger partial charge in [-0.25, -0.2) is 0 Å². The average Bonchev–Trinajstić information content (AvgIpc) is 3.09. The quantitative estimate of drug-likeness (QED) is 0.312. The molecule has 23 heavy (non-hydrogen) atoms. The number of hydrogen-bond acceptors (Lipinski definition) is 0. The second kappa shape index (κ2) is 3.72. The van der Waals surface area contributed by atoms with Crippen LogP contribution in [0.4, 0.5) is 0 Å². The van der Waals surface area contributed by atoms with Crippen LogP contribution in [0.25, 0.3) is 43.1 Å². The zero-order valence-electron chi connectivity index (χ0n) is 12.9. The summed E-state index contributed by atoms with van der Waals surface area (Å²) in [6, 6.07) is 24.6. The van der Waals surface area contributed by atoms with Gasteiger partial charge in [0.15, 0.2) is 0 Å². The van der Waals surface area contributed by atoms with Crippen LogP contribution in [0, 0.1) is 17.4 Å². The van der Waals surface area contributed by atoms with E-state index in [2.05, 4.69) is 73.7 Å². The Bertz CT molecular complexity index is 1390. The maximum absolute atomic E-state index is 2.29. The summed E-state index contributed by atoms with van der Waals surface area (Å²) < 4.78 is 0. The second-order valence-corrected chi connectivity index (χ2v) is 6.62. The van der Waals surface area contributed by atoms with Crippen molar-refractivity contribution < 1.29 is 0 Å². The van der Waals surface area contributed by atoms with Crippen molar-refractivity contribution in [3.63, 3.8) is 0 Å². The molecule has 0 radical (unpaired) electrons. The van der Waals surface area contributed by atoms with Crippen molar-refractivity contribution in [3.8, 4) is 0 Å². The molecular weight excluding hydrogens is 276 g/mol. The minimum absolute atomic E-state index is 1.34. The topological polar surface area (TPSA) is 0 Å². The third-order valence-electron chi connectivity index (χ3n) is 5.47. The van der Waals surface area contributed by atoms with Gasteiger partial charge in [-0.1, -0.05) is 66.7 Å². The van der Waals surface area contributed by atoms with Gasteiger partial charge in [-0.05, 0) is 66.0 Å². The van der Waals surface area contributed by atoms with Crippen molar-refractivity contribution in [3.05, 3.63) is 82.7 Å². The minimum atomic E-state index is 1.34. The van der Waals surface area contributed by atoms with Crippen LogP contribution in [0.15, 0.2) is 66.7 Å². The molecule has 2 aliphatic rings. The largest absolute Gasteiger partial charge is 0.0610 e. The van der Waals surface area contributed by atoms with E-state index in [0.29, 0.717) is 0 Å². The summed E-state index contributed by atoms with van der Waals surface area (Å²) in [5.74, 6) is 0. The molecule has 0 nitrogen and oxygen atoms in total. The van der Waals surface area contributed by atoms with E-state index >= 15 is 0 Å². The highest BCUT2D eigenvalue weighted by Crippen LogP contribution is 2.41. The van der Waals surface area contributed by atoms with Crippen LogP contribution in [-0.4, -0.2) is 0 Å². The summed E-state index contributed by atoms with van der Waals surface area (Å²) >= 11 is 0. The van der Waals surface area contributed by atoms with Crippen LogP contribution in [0.1, 0.15) is 5.56 Å². The molecule has 0 saturated carbocycles. The Balaban J connectivity index is 2.17. The van der Waals surface area contributed by atoms with Gasteiger partial charge in [0.25, 0.3) is 0 Å². The molecule has 0 heteroatoms. The van der Waals surface area contributed by atoms with E-state index in [1.807, 2.05) is 0 Å². The zero-order chi connectivity index (χ0) is 15.1. The minimum Gasteiger partial charge on any atom is -0.0610 e. The first kappa shape index (κ1) is 11.7. The van der Waals surface area contributed by atoms with Crippen molar-refractivity contribution >= 4 is 43.1 Å². The van der Waals surface area contributed by atoms with Crippen molar-refractivity contribution in [1.82, 2.24) is 0 Å². The normalized spacial score (nSPS) is 12.6. The van der Waals surface area contributed by atoms with Crippen LogP contribution >= 0.6 is 0 Å². The first-order valence-corrected chi connectivity index (χ1v) is 8.14. The molecule has 0 fully saturated rings. The molecule has 0 spiro atoms. The molecule has 2 aliphatic carbocycles. The molecule has 0 heterocycles. The molecule has 0 saturated heterocycles. The van der Waals surface area contributed by atoms with Gasteiger partial charge in [-0.15, -0.1) is 0 Å². The molecule has 0 bridgehead atoms. The zero-order valence-corrected chi connectivity index (χ0v) is 12.9. The third-order valence-corrected chi connectivity index (χ3v) is 5.47. The van der Waals surface area contributed by atoms with Crippen LogP contribution in [-0.2, 0) is 0 Å². The molecule has 0 unspecified atom stereocenters. The van der Waals surface area contributed by atoms with E-state index < -0.39 is 0 Å². The number of hydrogen-bond donors (Lipinski definition) is 0.